The summed E-state index contributed by atoms with van der Waals surface area (Å²) in [7, 11) is 0. The molecule has 0 aliphatic heterocycles. The molecule has 0 aromatic heterocycles. The maximum absolute atomic E-state index is 12.8. The van der Waals surface area contributed by atoms with Crippen molar-refractivity contribution in [1.82, 2.24) is 0 Å². The Bertz CT molecular complexity index is 157. The topological polar surface area (TPSA) is 17.1 Å². The minimum Gasteiger partial charge on any atom is -0.303 e. The van der Waals surface area contributed by atoms with E-state index in [9.17, 15) is 9.18 Å². The zero-order chi connectivity index (χ0) is 7.28. The highest BCUT2D eigenvalue weighted by Crippen LogP contribution is 2.65. The fourth-order valence-corrected chi connectivity index (χ4v) is 1.32. The van der Waals surface area contributed by atoms with Crippen LogP contribution >= 0.6 is 11.6 Å². The van der Waals surface area contributed by atoms with Crippen molar-refractivity contribution in [3.63, 3.8) is 0 Å². The molecule has 1 saturated carbocycles. The molecule has 1 fully saturated rings. The third-order valence-corrected chi connectivity index (χ3v) is 3.06. The molecule has 52 valence electrons. The summed E-state index contributed by atoms with van der Waals surface area (Å²) in [6, 6.07) is 0. The van der Waals surface area contributed by atoms with Gasteiger partial charge < -0.3 is 4.79 Å². The molecule has 1 nitrogen and oxygen atoms in total. The lowest BCUT2D eigenvalue weighted by atomic mass is 10.1. The Balaban J connectivity index is 2.81. The van der Waals surface area contributed by atoms with Gasteiger partial charge in [0.15, 0.2) is 5.13 Å². The molecule has 1 aliphatic rings. The smallest absolute Gasteiger partial charge is 0.199 e. The van der Waals surface area contributed by atoms with Crippen molar-refractivity contribution < 1.29 is 9.18 Å². The van der Waals surface area contributed by atoms with Crippen molar-refractivity contribution in [2.75, 3.05) is 0 Å². The Morgan fingerprint density at radius 2 is 2.11 bits per heavy atom. The lowest BCUT2D eigenvalue weighted by Gasteiger charge is -1.96. The van der Waals surface area contributed by atoms with E-state index >= 15 is 0 Å². The third-order valence-electron chi connectivity index (χ3n) is 2.32. The zero-order valence-electron chi connectivity index (χ0n) is 5.32. The van der Waals surface area contributed by atoms with Gasteiger partial charge in [-0.1, -0.05) is 18.5 Å². The van der Waals surface area contributed by atoms with Gasteiger partial charge in [0.1, 0.15) is 6.29 Å². The van der Waals surface area contributed by atoms with Crippen molar-refractivity contribution in [1.29, 1.82) is 0 Å². The molecule has 1 aliphatic carbocycles. The molecule has 0 radical (unpaired) electrons. The van der Waals surface area contributed by atoms with Crippen LogP contribution in [-0.2, 0) is 4.79 Å². The normalized spacial score (nSPS) is 57.1. The van der Waals surface area contributed by atoms with Crippen LogP contribution in [0.25, 0.3) is 0 Å². The molecular formula is C6H8ClFO. The van der Waals surface area contributed by atoms with Crippen molar-refractivity contribution >= 4 is 17.9 Å². The number of hydrogen-bond acceptors (Lipinski definition) is 1. The molecule has 0 unspecified atom stereocenters. The Kier molecular flexibility index (Phi) is 1.15. The highest BCUT2D eigenvalue weighted by Gasteiger charge is 2.73. The van der Waals surface area contributed by atoms with E-state index in [0.717, 1.165) is 0 Å². The second kappa shape index (κ2) is 1.48. The summed E-state index contributed by atoms with van der Waals surface area (Å²) in [5, 5.41) is -1.78. The molecule has 0 N–H and O–H groups in total. The van der Waals surface area contributed by atoms with E-state index in [-0.39, 0.29) is 5.92 Å². The fraction of sp³-hybridized carbons (Fsp3) is 0.833. The molecule has 0 amide bonds. The number of carbonyl (C=O) groups is 1. The maximum atomic E-state index is 12.8. The zero-order valence-corrected chi connectivity index (χ0v) is 6.07. The van der Waals surface area contributed by atoms with Gasteiger partial charge in [-0.05, 0) is 6.92 Å². The highest BCUT2D eigenvalue weighted by atomic mass is 35.5. The molecule has 0 aromatic rings. The standard InChI is InChI=1S/C6H8ClFO/c1-4-5(2,3-9)6(4,7)8/h3-4H,1-2H3/t4-,5-,6+/m1/s1. The summed E-state index contributed by atoms with van der Waals surface area (Å²) in [6.07, 6.45) is 0.588. The second-order valence-corrected chi connectivity index (χ2v) is 3.30. The van der Waals surface area contributed by atoms with E-state index < -0.39 is 10.5 Å². The predicted octanol–water partition coefficient (Wildman–Crippen LogP) is 1.75. The molecule has 0 saturated heterocycles. The summed E-state index contributed by atoms with van der Waals surface area (Å²) >= 11 is 5.30. The first kappa shape index (κ1) is 7.00. The number of rotatable bonds is 1. The number of halogens is 2. The van der Waals surface area contributed by atoms with Gasteiger partial charge in [-0.2, -0.15) is 0 Å². The summed E-state index contributed by atoms with van der Waals surface area (Å²) in [5.74, 6) is -0.343. The Morgan fingerprint density at radius 3 is 2.11 bits per heavy atom. The van der Waals surface area contributed by atoms with E-state index in [0.29, 0.717) is 6.29 Å². The van der Waals surface area contributed by atoms with Crippen LogP contribution in [0.3, 0.4) is 0 Å². The van der Waals surface area contributed by atoms with E-state index in [1.165, 1.54) is 6.92 Å². The molecule has 0 aromatic carbocycles. The number of hydrogen-bond donors (Lipinski definition) is 0. The molecule has 1 rings (SSSR count). The van der Waals surface area contributed by atoms with Crippen LogP contribution < -0.4 is 0 Å². The van der Waals surface area contributed by atoms with Gasteiger partial charge in [-0.3, -0.25) is 0 Å². The minimum atomic E-state index is -1.78. The summed E-state index contributed by atoms with van der Waals surface area (Å²) in [6.45, 7) is 3.15. The largest absolute Gasteiger partial charge is 0.303 e. The summed E-state index contributed by atoms with van der Waals surface area (Å²) in [4.78, 5) is 10.2. The monoisotopic (exact) mass is 150 g/mol. The van der Waals surface area contributed by atoms with Crippen LogP contribution in [0.15, 0.2) is 0 Å². The average molecular weight is 151 g/mol. The highest BCUT2D eigenvalue weighted by molar-refractivity contribution is 6.27. The van der Waals surface area contributed by atoms with Gasteiger partial charge in [-0.25, -0.2) is 4.39 Å². The SMILES string of the molecule is C[C@H]1[C@@](F)(Cl)[C@]1(C)C=O. The van der Waals surface area contributed by atoms with E-state index in [2.05, 4.69) is 0 Å². The molecule has 0 heterocycles. The van der Waals surface area contributed by atoms with Crippen molar-refractivity contribution in [3.05, 3.63) is 0 Å². The molecule has 0 bridgehead atoms. The summed E-state index contributed by atoms with van der Waals surface area (Å²) in [5.41, 5.74) is -0.936. The van der Waals surface area contributed by atoms with Gasteiger partial charge >= 0.3 is 0 Å². The first-order valence-electron chi connectivity index (χ1n) is 2.81. The summed E-state index contributed by atoms with van der Waals surface area (Å²) < 4.78 is 12.8. The third kappa shape index (κ3) is 0.571. The number of alkyl halides is 2. The molecule has 3 atom stereocenters. The van der Waals surface area contributed by atoms with Crippen LogP contribution in [0.2, 0.25) is 0 Å². The van der Waals surface area contributed by atoms with Crippen LogP contribution in [0.4, 0.5) is 4.39 Å². The van der Waals surface area contributed by atoms with E-state index in [4.69, 9.17) is 11.6 Å². The van der Waals surface area contributed by atoms with Gasteiger partial charge in [0.2, 0.25) is 0 Å². The first-order valence-corrected chi connectivity index (χ1v) is 3.19. The van der Waals surface area contributed by atoms with Crippen LogP contribution in [-0.4, -0.2) is 11.4 Å². The van der Waals surface area contributed by atoms with Crippen LogP contribution in [0.1, 0.15) is 13.8 Å². The first-order chi connectivity index (χ1) is 3.97. The predicted molar refractivity (Wildman–Crippen MR) is 33.0 cm³/mol. The quantitative estimate of drug-likeness (QED) is 0.411. The average Bonchev–Trinajstić information content (AvgIpc) is 2.16. The lowest BCUT2D eigenvalue weighted by molar-refractivity contribution is -0.112. The van der Waals surface area contributed by atoms with E-state index in [1.807, 2.05) is 0 Å². The van der Waals surface area contributed by atoms with E-state index in [1.54, 1.807) is 6.92 Å². The Labute approximate surface area is 58.2 Å². The second-order valence-electron chi connectivity index (χ2n) is 2.75. The van der Waals surface area contributed by atoms with Crippen LogP contribution in [0, 0.1) is 11.3 Å². The Hall–Kier alpha value is -0.110. The number of aldehydes is 1. The van der Waals surface area contributed by atoms with Gasteiger partial charge in [0, 0.05) is 5.92 Å². The fourth-order valence-electron chi connectivity index (χ4n) is 0.941. The molecule has 9 heavy (non-hydrogen) atoms. The van der Waals surface area contributed by atoms with Crippen LogP contribution in [0.5, 0.6) is 0 Å². The molecule has 0 spiro atoms. The molecular weight excluding hydrogens is 143 g/mol. The van der Waals surface area contributed by atoms with Gasteiger partial charge in [0.25, 0.3) is 0 Å². The van der Waals surface area contributed by atoms with Crippen molar-refractivity contribution in [3.8, 4) is 0 Å². The minimum absolute atomic E-state index is 0.343. The Morgan fingerprint density at radius 1 is 1.78 bits per heavy atom. The number of carbonyl (C=O) groups excluding carboxylic acids is 1. The van der Waals surface area contributed by atoms with Crippen molar-refractivity contribution in [2.24, 2.45) is 11.3 Å². The lowest BCUT2D eigenvalue weighted by Crippen LogP contribution is -2.05. The van der Waals surface area contributed by atoms with Gasteiger partial charge in [-0.15, -0.1) is 0 Å². The van der Waals surface area contributed by atoms with Gasteiger partial charge in [0.05, 0.1) is 5.41 Å². The molecule has 3 heteroatoms. The maximum Gasteiger partial charge on any atom is 0.199 e. The van der Waals surface area contributed by atoms with Crippen molar-refractivity contribution in [2.45, 2.75) is 19.0 Å².